The van der Waals surface area contributed by atoms with Crippen LogP contribution in [0.4, 0.5) is 8.78 Å². The van der Waals surface area contributed by atoms with Gasteiger partial charge in [-0.3, -0.25) is 4.79 Å². The fraction of sp³-hybridized carbons (Fsp3) is 0.533. The molecule has 0 aromatic heterocycles. The zero-order valence-corrected chi connectivity index (χ0v) is 12.0. The van der Waals surface area contributed by atoms with Crippen molar-refractivity contribution in [2.24, 2.45) is 5.73 Å². The summed E-state index contributed by atoms with van der Waals surface area (Å²) in [6, 6.07) is 2.79. The number of benzene rings is 1. The number of hydrogen-bond donors (Lipinski definition) is 1. The van der Waals surface area contributed by atoms with E-state index in [-0.39, 0.29) is 17.8 Å². The number of carbonyl (C=O) groups excluding carboxylic acids is 1. The van der Waals surface area contributed by atoms with Crippen LogP contribution in [-0.4, -0.2) is 36.0 Å². The van der Waals surface area contributed by atoms with Crippen LogP contribution in [0, 0.1) is 11.6 Å². The predicted molar refractivity (Wildman–Crippen MR) is 74.9 cm³/mol. The first-order valence-corrected chi connectivity index (χ1v) is 7.17. The van der Waals surface area contributed by atoms with Gasteiger partial charge in [0.15, 0.2) is 11.6 Å². The van der Waals surface area contributed by atoms with Crippen LogP contribution >= 0.6 is 0 Å². The van der Waals surface area contributed by atoms with Crippen molar-refractivity contribution < 1.29 is 18.3 Å². The summed E-state index contributed by atoms with van der Waals surface area (Å²) in [5.74, 6) is -1.34. The molecule has 0 bridgehead atoms. The Morgan fingerprint density at radius 3 is 2.67 bits per heavy atom. The number of piperidine rings is 1. The van der Waals surface area contributed by atoms with Crippen molar-refractivity contribution in [1.82, 2.24) is 4.90 Å². The number of hydrogen-bond acceptors (Lipinski definition) is 3. The molecule has 2 N–H and O–H groups in total. The van der Waals surface area contributed by atoms with Crippen LogP contribution in [0.3, 0.4) is 0 Å². The van der Waals surface area contributed by atoms with Gasteiger partial charge in [-0.25, -0.2) is 8.78 Å². The summed E-state index contributed by atoms with van der Waals surface area (Å²) in [6.45, 7) is 2.95. The van der Waals surface area contributed by atoms with Gasteiger partial charge < -0.3 is 15.4 Å². The van der Waals surface area contributed by atoms with Crippen molar-refractivity contribution in [3.05, 3.63) is 29.8 Å². The number of rotatable bonds is 4. The lowest BCUT2D eigenvalue weighted by molar-refractivity contribution is -0.134. The standard InChI is InChI=1S/C15H20F2N2O2/c1-2-13(18)15(20)19-7-5-11(6-8-19)21-14-4-3-10(16)9-12(14)17/h3-4,9,11,13H,2,5-8,18H2,1H3. The normalized spacial score (nSPS) is 17.6. The van der Waals surface area contributed by atoms with E-state index >= 15 is 0 Å². The van der Waals surface area contributed by atoms with Gasteiger partial charge in [-0.2, -0.15) is 0 Å². The van der Waals surface area contributed by atoms with E-state index in [0.29, 0.717) is 32.4 Å². The highest BCUT2D eigenvalue weighted by Crippen LogP contribution is 2.23. The van der Waals surface area contributed by atoms with Gasteiger partial charge in [0.25, 0.3) is 0 Å². The van der Waals surface area contributed by atoms with Crippen LogP contribution in [0.5, 0.6) is 5.75 Å². The highest BCUT2D eigenvalue weighted by molar-refractivity contribution is 5.81. The third-order valence-electron chi connectivity index (χ3n) is 3.70. The monoisotopic (exact) mass is 298 g/mol. The van der Waals surface area contributed by atoms with Gasteiger partial charge >= 0.3 is 0 Å². The van der Waals surface area contributed by atoms with Gasteiger partial charge in [0.2, 0.25) is 5.91 Å². The van der Waals surface area contributed by atoms with Crippen molar-refractivity contribution in [3.8, 4) is 5.75 Å². The minimum absolute atomic E-state index is 0.0476. The molecule has 4 nitrogen and oxygen atoms in total. The largest absolute Gasteiger partial charge is 0.487 e. The minimum atomic E-state index is -0.707. The summed E-state index contributed by atoms with van der Waals surface area (Å²) in [6.07, 6.45) is 1.65. The molecular weight excluding hydrogens is 278 g/mol. The van der Waals surface area contributed by atoms with Crippen LogP contribution in [0.15, 0.2) is 18.2 Å². The zero-order chi connectivity index (χ0) is 15.4. The van der Waals surface area contributed by atoms with Crippen molar-refractivity contribution in [3.63, 3.8) is 0 Å². The first-order chi connectivity index (χ1) is 10.0. The van der Waals surface area contributed by atoms with Crippen LogP contribution in [0.2, 0.25) is 0 Å². The molecule has 1 heterocycles. The Kier molecular flexibility index (Phi) is 5.12. The molecule has 2 rings (SSSR count). The van der Waals surface area contributed by atoms with E-state index in [1.807, 2.05) is 6.92 Å². The van der Waals surface area contributed by atoms with Crippen molar-refractivity contribution >= 4 is 5.91 Å². The molecule has 0 saturated carbocycles. The topological polar surface area (TPSA) is 55.6 Å². The van der Waals surface area contributed by atoms with E-state index in [2.05, 4.69) is 0 Å². The summed E-state index contributed by atoms with van der Waals surface area (Å²) in [4.78, 5) is 13.7. The molecule has 0 aliphatic carbocycles. The van der Waals surface area contributed by atoms with E-state index < -0.39 is 17.7 Å². The molecule has 1 atom stereocenters. The maximum absolute atomic E-state index is 13.5. The van der Waals surface area contributed by atoms with Crippen LogP contribution in [0.1, 0.15) is 26.2 Å². The third kappa shape index (κ3) is 3.91. The zero-order valence-electron chi connectivity index (χ0n) is 12.0. The highest BCUT2D eigenvalue weighted by atomic mass is 19.1. The molecular formula is C15H20F2N2O2. The molecule has 1 aromatic carbocycles. The molecule has 1 saturated heterocycles. The Labute approximate surface area is 122 Å². The number of nitrogens with zero attached hydrogens (tertiary/aromatic N) is 1. The van der Waals surface area contributed by atoms with Crippen molar-refractivity contribution in [2.75, 3.05) is 13.1 Å². The fourth-order valence-electron chi connectivity index (χ4n) is 2.35. The maximum atomic E-state index is 13.5. The highest BCUT2D eigenvalue weighted by Gasteiger charge is 2.26. The van der Waals surface area contributed by atoms with Gasteiger partial charge in [-0.1, -0.05) is 6.92 Å². The van der Waals surface area contributed by atoms with Gasteiger partial charge in [-0.05, 0) is 18.6 Å². The van der Waals surface area contributed by atoms with E-state index in [4.69, 9.17) is 10.5 Å². The summed E-state index contributed by atoms with van der Waals surface area (Å²) in [5.41, 5.74) is 5.73. The SMILES string of the molecule is CCC(N)C(=O)N1CCC(Oc2ccc(F)cc2F)CC1. The Bertz CT molecular complexity index is 502. The first kappa shape index (κ1) is 15.7. The predicted octanol–water partition coefficient (Wildman–Crippen LogP) is 2.07. The average Bonchev–Trinajstić information content (AvgIpc) is 2.49. The quantitative estimate of drug-likeness (QED) is 0.926. The molecule has 1 aliphatic rings. The lowest BCUT2D eigenvalue weighted by Crippen LogP contribution is -2.48. The molecule has 1 aromatic rings. The number of carbonyl (C=O) groups is 1. The number of amides is 1. The number of nitrogens with two attached hydrogens (primary N) is 1. The van der Waals surface area contributed by atoms with E-state index in [1.54, 1.807) is 4.90 Å². The maximum Gasteiger partial charge on any atom is 0.239 e. The molecule has 1 fully saturated rings. The van der Waals surface area contributed by atoms with Gasteiger partial charge in [0.1, 0.15) is 11.9 Å². The second-order valence-electron chi connectivity index (χ2n) is 5.23. The average molecular weight is 298 g/mol. The minimum Gasteiger partial charge on any atom is -0.487 e. The first-order valence-electron chi connectivity index (χ1n) is 7.17. The Morgan fingerprint density at radius 1 is 1.43 bits per heavy atom. The van der Waals surface area contributed by atoms with Gasteiger partial charge in [-0.15, -0.1) is 0 Å². The van der Waals surface area contributed by atoms with Crippen LogP contribution in [-0.2, 0) is 4.79 Å². The second-order valence-corrected chi connectivity index (χ2v) is 5.23. The Balaban J connectivity index is 1.88. The lowest BCUT2D eigenvalue weighted by Gasteiger charge is -2.33. The lowest BCUT2D eigenvalue weighted by atomic mass is 10.1. The van der Waals surface area contributed by atoms with Crippen LogP contribution in [0.25, 0.3) is 0 Å². The Hall–Kier alpha value is -1.69. The number of likely N-dealkylation sites (tertiary alicyclic amines) is 1. The van der Waals surface area contributed by atoms with Gasteiger partial charge in [0.05, 0.1) is 6.04 Å². The summed E-state index contributed by atoms with van der Waals surface area (Å²) in [7, 11) is 0. The van der Waals surface area contributed by atoms with E-state index in [1.165, 1.54) is 6.07 Å². The molecule has 1 amide bonds. The third-order valence-corrected chi connectivity index (χ3v) is 3.70. The number of halogens is 2. The fourth-order valence-corrected chi connectivity index (χ4v) is 2.35. The second kappa shape index (κ2) is 6.85. The van der Waals surface area contributed by atoms with Crippen LogP contribution < -0.4 is 10.5 Å². The van der Waals surface area contributed by atoms with E-state index in [9.17, 15) is 13.6 Å². The summed E-state index contributed by atoms with van der Waals surface area (Å²) < 4.78 is 31.9. The van der Waals surface area contributed by atoms with Crippen molar-refractivity contribution in [1.29, 1.82) is 0 Å². The summed E-state index contributed by atoms with van der Waals surface area (Å²) in [5, 5.41) is 0. The molecule has 0 radical (unpaired) electrons. The summed E-state index contributed by atoms with van der Waals surface area (Å²) >= 11 is 0. The van der Waals surface area contributed by atoms with Crippen molar-refractivity contribution in [2.45, 2.75) is 38.3 Å². The van der Waals surface area contributed by atoms with E-state index in [0.717, 1.165) is 12.1 Å². The molecule has 1 unspecified atom stereocenters. The Morgan fingerprint density at radius 2 is 2.10 bits per heavy atom. The molecule has 0 spiro atoms. The van der Waals surface area contributed by atoms with Gasteiger partial charge in [0, 0.05) is 32.0 Å². The molecule has 116 valence electrons. The molecule has 6 heteroatoms. The molecule has 21 heavy (non-hydrogen) atoms. The smallest absolute Gasteiger partial charge is 0.239 e. The molecule has 1 aliphatic heterocycles. The number of ether oxygens (including phenoxy) is 1.